The van der Waals surface area contributed by atoms with Crippen LogP contribution in [0.5, 0.6) is 0 Å². The number of carbonyl (C=O) groups excluding carboxylic acids is 1. The molecule has 0 fully saturated rings. The van der Waals surface area contributed by atoms with Gasteiger partial charge in [-0.05, 0) is 12.5 Å². The van der Waals surface area contributed by atoms with Crippen LogP contribution in [0.2, 0.25) is 0 Å². The Bertz CT molecular complexity index is 91.1. The first-order valence-electron chi connectivity index (χ1n) is 3.06. The molecule has 0 bridgehead atoms. The molecule has 3 nitrogen and oxygen atoms in total. The van der Waals surface area contributed by atoms with E-state index in [1.807, 2.05) is 6.92 Å². The van der Waals surface area contributed by atoms with E-state index in [4.69, 9.17) is 5.73 Å². The number of nitrogens with one attached hydrogen (secondary N) is 1. The molecule has 0 heterocycles. The van der Waals surface area contributed by atoms with Crippen LogP contribution in [0.25, 0.3) is 5.73 Å². The van der Waals surface area contributed by atoms with Crippen LogP contribution >= 0.6 is 0 Å². The van der Waals surface area contributed by atoms with Crippen LogP contribution in [-0.2, 0) is 9.53 Å². The molecule has 0 saturated carbocycles. The predicted octanol–water partition coefficient (Wildman–Crippen LogP) is 1.38. The summed E-state index contributed by atoms with van der Waals surface area (Å²) in [5, 5.41) is 0. The molecule has 0 aliphatic rings. The van der Waals surface area contributed by atoms with E-state index in [0.717, 1.165) is 6.42 Å². The van der Waals surface area contributed by atoms with E-state index < -0.39 is 12.0 Å². The van der Waals surface area contributed by atoms with E-state index in [0.29, 0.717) is 6.61 Å². The molecule has 1 N–H and O–H groups in total. The van der Waals surface area contributed by atoms with Crippen molar-refractivity contribution < 1.29 is 9.53 Å². The third-order valence-corrected chi connectivity index (χ3v) is 0.802. The van der Waals surface area contributed by atoms with Crippen molar-refractivity contribution in [2.24, 2.45) is 0 Å². The van der Waals surface area contributed by atoms with Crippen LogP contribution in [0.1, 0.15) is 20.3 Å². The minimum atomic E-state index is -0.739. The van der Waals surface area contributed by atoms with Crippen molar-refractivity contribution >= 4 is 5.97 Å². The fraction of sp³-hybridized carbons (Fsp3) is 0.833. The SMILES string of the molecule is CCCOC(=O)[C@H](C)[NH-]. The molecular weight excluding hydrogens is 118 g/mol. The average molecular weight is 130 g/mol. The first-order valence-corrected chi connectivity index (χ1v) is 3.06. The van der Waals surface area contributed by atoms with Crippen molar-refractivity contribution in [1.29, 1.82) is 0 Å². The zero-order valence-corrected chi connectivity index (χ0v) is 5.81. The van der Waals surface area contributed by atoms with Gasteiger partial charge in [-0.3, -0.25) is 4.79 Å². The highest BCUT2D eigenvalue weighted by Crippen LogP contribution is 1.91. The van der Waals surface area contributed by atoms with Gasteiger partial charge in [-0.25, -0.2) is 0 Å². The second-order valence-corrected chi connectivity index (χ2v) is 1.89. The molecule has 1 atom stereocenters. The molecule has 0 amide bonds. The summed E-state index contributed by atoms with van der Waals surface area (Å²) in [4.78, 5) is 10.5. The first kappa shape index (κ1) is 8.43. The maximum absolute atomic E-state index is 10.5. The highest BCUT2D eigenvalue weighted by Gasteiger charge is 1.99. The van der Waals surface area contributed by atoms with Gasteiger partial charge in [-0.1, -0.05) is 13.8 Å². The molecule has 9 heavy (non-hydrogen) atoms. The Hall–Kier alpha value is -0.570. The van der Waals surface area contributed by atoms with Gasteiger partial charge in [0.15, 0.2) is 0 Å². The molecule has 0 spiro atoms. The van der Waals surface area contributed by atoms with Gasteiger partial charge in [-0.15, -0.1) is 0 Å². The lowest BCUT2D eigenvalue weighted by Gasteiger charge is -2.11. The van der Waals surface area contributed by atoms with E-state index in [1.54, 1.807) is 0 Å². The lowest BCUT2D eigenvalue weighted by Crippen LogP contribution is -2.15. The number of carbonyl (C=O) groups is 1. The second kappa shape index (κ2) is 4.32. The predicted molar refractivity (Wildman–Crippen MR) is 35.0 cm³/mol. The third kappa shape index (κ3) is 3.97. The summed E-state index contributed by atoms with van der Waals surface area (Å²) in [5.74, 6) is -0.433. The van der Waals surface area contributed by atoms with Crippen LogP contribution in [0.15, 0.2) is 0 Å². The highest BCUT2D eigenvalue weighted by molar-refractivity contribution is 5.76. The van der Waals surface area contributed by atoms with E-state index in [-0.39, 0.29) is 0 Å². The Labute approximate surface area is 55.2 Å². The lowest BCUT2D eigenvalue weighted by molar-refractivity contribution is -0.143. The Balaban J connectivity index is 3.28. The van der Waals surface area contributed by atoms with Gasteiger partial charge in [-0.2, -0.15) is 0 Å². The van der Waals surface area contributed by atoms with Crippen LogP contribution in [-0.4, -0.2) is 18.6 Å². The number of esters is 1. The molecule has 0 aromatic carbocycles. The van der Waals surface area contributed by atoms with Crippen LogP contribution in [0.4, 0.5) is 0 Å². The molecule has 0 saturated heterocycles. The van der Waals surface area contributed by atoms with Crippen LogP contribution < -0.4 is 0 Å². The topological polar surface area (TPSA) is 50.1 Å². The minimum Gasteiger partial charge on any atom is -0.666 e. The zero-order chi connectivity index (χ0) is 7.28. The van der Waals surface area contributed by atoms with Gasteiger partial charge < -0.3 is 10.5 Å². The normalized spacial score (nSPS) is 12.8. The Morgan fingerprint density at radius 1 is 1.78 bits per heavy atom. The quantitative estimate of drug-likeness (QED) is 0.542. The molecule has 0 aliphatic heterocycles. The number of rotatable bonds is 3. The highest BCUT2D eigenvalue weighted by atomic mass is 16.5. The molecule has 3 heteroatoms. The smallest absolute Gasteiger partial charge is 0.287 e. The van der Waals surface area contributed by atoms with Gasteiger partial charge >= 0.3 is 0 Å². The van der Waals surface area contributed by atoms with Crippen molar-refractivity contribution in [2.45, 2.75) is 26.3 Å². The summed E-state index contributed by atoms with van der Waals surface area (Å²) in [7, 11) is 0. The van der Waals surface area contributed by atoms with Crippen LogP contribution in [0.3, 0.4) is 0 Å². The maximum Gasteiger partial charge on any atom is 0.287 e. The van der Waals surface area contributed by atoms with Crippen molar-refractivity contribution in [3.63, 3.8) is 0 Å². The van der Waals surface area contributed by atoms with Crippen molar-refractivity contribution in [3.8, 4) is 0 Å². The summed E-state index contributed by atoms with van der Waals surface area (Å²) in [6.07, 6.45) is 0.818. The molecule has 0 aliphatic carbocycles. The average Bonchev–Trinajstić information content (AvgIpc) is 1.82. The monoisotopic (exact) mass is 130 g/mol. The van der Waals surface area contributed by atoms with Gasteiger partial charge in [0, 0.05) is 0 Å². The number of hydrogen-bond acceptors (Lipinski definition) is 2. The minimum absolute atomic E-state index is 0.433. The number of ether oxygens (including phenoxy) is 1. The maximum atomic E-state index is 10.5. The van der Waals surface area contributed by atoms with Gasteiger partial charge in [0.1, 0.15) is 0 Å². The summed E-state index contributed by atoms with van der Waals surface area (Å²) < 4.78 is 4.63. The van der Waals surface area contributed by atoms with Crippen molar-refractivity contribution in [1.82, 2.24) is 0 Å². The second-order valence-electron chi connectivity index (χ2n) is 1.89. The van der Waals surface area contributed by atoms with E-state index in [1.165, 1.54) is 6.92 Å². The fourth-order valence-electron chi connectivity index (χ4n) is 0.328. The molecular formula is C6H12NO2-. The van der Waals surface area contributed by atoms with Gasteiger partial charge in [0.25, 0.3) is 5.97 Å². The molecule has 54 valence electrons. The third-order valence-electron chi connectivity index (χ3n) is 0.802. The van der Waals surface area contributed by atoms with E-state index in [9.17, 15) is 4.79 Å². The summed E-state index contributed by atoms with van der Waals surface area (Å²) in [6, 6.07) is -0.739. The zero-order valence-electron chi connectivity index (χ0n) is 5.81. The summed E-state index contributed by atoms with van der Waals surface area (Å²) in [5.41, 5.74) is 6.89. The van der Waals surface area contributed by atoms with Crippen molar-refractivity contribution in [3.05, 3.63) is 5.73 Å². The lowest BCUT2D eigenvalue weighted by atomic mass is 10.4. The largest absolute Gasteiger partial charge is 0.666 e. The van der Waals surface area contributed by atoms with Gasteiger partial charge in [0.05, 0.1) is 6.61 Å². The summed E-state index contributed by atoms with van der Waals surface area (Å²) >= 11 is 0. The molecule has 0 unspecified atom stereocenters. The van der Waals surface area contributed by atoms with E-state index in [2.05, 4.69) is 4.74 Å². The molecule has 0 aromatic rings. The van der Waals surface area contributed by atoms with E-state index >= 15 is 0 Å². The number of hydrogen-bond donors (Lipinski definition) is 0. The van der Waals surface area contributed by atoms with Gasteiger partial charge in [0.2, 0.25) is 0 Å². The molecule has 0 aromatic heterocycles. The van der Waals surface area contributed by atoms with Crippen LogP contribution in [0, 0.1) is 0 Å². The Morgan fingerprint density at radius 3 is 2.67 bits per heavy atom. The summed E-state index contributed by atoms with van der Waals surface area (Å²) in [6.45, 7) is 3.85. The van der Waals surface area contributed by atoms with Crippen molar-refractivity contribution in [2.75, 3.05) is 6.61 Å². The first-order chi connectivity index (χ1) is 4.18. The Kier molecular flexibility index (Phi) is 4.05. The standard InChI is InChI=1S/C6H12NO2/c1-3-4-9-6(8)5(2)7/h5,7H,3-4H2,1-2H3/q-1/t5-/m0/s1. The molecule has 0 rings (SSSR count). The fourth-order valence-corrected chi connectivity index (χ4v) is 0.328. The Morgan fingerprint density at radius 2 is 2.33 bits per heavy atom. The molecule has 0 radical (unpaired) electrons.